The normalized spacial score (nSPS) is 20.9. The van der Waals surface area contributed by atoms with Gasteiger partial charge in [-0.1, -0.05) is 42.8 Å². The van der Waals surface area contributed by atoms with E-state index in [0.717, 1.165) is 49.4 Å². The Kier molecular flexibility index (Phi) is 6.63. The standard InChI is InChI=1S/C29H32FNO2/c30-23-11-8-21(9-12-23)25-14-10-22-20-24(32)13-15-26(22)29(25)27-6-2-3-7-28(27)33-19-18-31-16-4-1-5-17-31/h2-3,6-9,11-13,15,20,25,29,32H,1,4-5,10,14,16-19H2/t25-,29+/m0/s1. The van der Waals surface area contributed by atoms with E-state index in [2.05, 4.69) is 29.2 Å². The van der Waals surface area contributed by atoms with Crippen LogP contribution < -0.4 is 4.74 Å². The van der Waals surface area contributed by atoms with Crippen molar-refractivity contribution in [1.29, 1.82) is 0 Å². The number of nitrogens with zero attached hydrogens (tertiary/aromatic N) is 1. The molecule has 4 heteroatoms. The van der Waals surface area contributed by atoms with E-state index in [4.69, 9.17) is 4.74 Å². The molecule has 0 spiro atoms. The van der Waals surface area contributed by atoms with Crippen LogP contribution in [0.5, 0.6) is 11.5 Å². The Balaban J connectivity index is 1.47. The quantitative estimate of drug-likeness (QED) is 0.486. The number of hydrogen-bond acceptors (Lipinski definition) is 3. The van der Waals surface area contributed by atoms with Crippen LogP contribution in [0.3, 0.4) is 0 Å². The second-order valence-corrected chi connectivity index (χ2v) is 9.35. The Bertz CT molecular complexity index is 1080. The third-order valence-electron chi connectivity index (χ3n) is 7.25. The zero-order chi connectivity index (χ0) is 22.6. The van der Waals surface area contributed by atoms with Crippen LogP contribution in [0.4, 0.5) is 4.39 Å². The lowest BCUT2D eigenvalue weighted by Crippen LogP contribution is -2.33. The number of para-hydroxylation sites is 1. The molecule has 2 aliphatic rings. The highest BCUT2D eigenvalue weighted by atomic mass is 19.1. The Labute approximate surface area is 195 Å². The highest BCUT2D eigenvalue weighted by Crippen LogP contribution is 2.49. The summed E-state index contributed by atoms with van der Waals surface area (Å²) >= 11 is 0. The van der Waals surface area contributed by atoms with Gasteiger partial charge in [0.1, 0.15) is 23.9 Å². The second kappa shape index (κ2) is 9.96. The molecule has 3 aromatic carbocycles. The maximum absolute atomic E-state index is 13.7. The van der Waals surface area contributed by atoms with Crippen molar-refractivity contribution >= 4 is 0 Å². The van der Waals surface area contributed by atoms with Gasteiger partial charge in [0.15, 0.2) is 0 Å². The van der Waals surface area contributed by atoms with Gasteiger partial charge >= 0.3 is 0 Å². The molecule has 0 bridgehead atoms. The molecule has 5 rings (SSSR count). The van der Waals surface area contributed by atoms with E-state index in [1.54, 1.807) is 18.2 Å². The van der Waals surface area contributed by atoms with Crippen molar-refractivity contribution in [1.82, 2.24) is 4.90 Å². The van der Waals surface area contributed by atoms with E-state index in [-0.39, 0.29) is 17.7 Å². The molecule has 0 radical (unpaired) electrons. The third-order valence-corrected chi connectivity index (χ3v) is 7.25. The topological polar surface area (TPSA) is 32.7 Å². The predicted molar refractivity (Wildman–Crippen MR) is 130 cm³/mol. The predicted octanol–water partition coefficient (Wildman–Crippen LogP) is 6.26. The van der Waals surface area contributed by atoms with Gasteiger partial charge in [-0.15, -0.1) is 0 Å². The number of piperidine rings is 1. The molecule has 0 unspecified atom stereocenters. The number of aryl methyl sites for hydroxylation is 1. The van der Waals surface area contributed by atoms with Gasteiger partial charge < -0.3 is 9.84 Å². The first-order chi connectivity index (χ1) is 16.2. The van der Waals surface area contributed by atoms with Crippen LogP contribution in [-0.4, -0.2) is 36.2 Å². The van der Waals surface area contributed by atoms with E-state index in [1.165, 1.54) is 30.4 Å². The van der Waals surface area contributed by atoms with Crippen LogP contribution >= 0.6 is 0 Å². The minimum absolute atomic E-state index is 0.0889. The van der Waals surface area contributed by atoms with Crippen molar-refractivity contribution in [3.05, 3.63) is 94.8 Å². The Morgan fingerprint density at radius 1 is 0.909 bits per heavy atom. The van der Waals surface area contributed by atoms with E-state index in [0.29, 0.717) is 12.4 Å². The maximum Gasteiger partial charge on any atom is 0.123 e. The fourth-order valence-corrected chi connectivity index (χ4v) is 5.60. The lowest BCUT2D eigenvalue weighted by molar-refractivity contribution is 0.182. The smallest absolute Gasteiger partial charge is 0.123 e. The molecule has 1 saturated heterocycles. The summed E-state index contributed by atoms with van der Waals surface area (Å²) in [7, 11) is 0. The average molecular weight is 446 g/mol. The number of benzene rings is 3. The number of fused-ring (bicyclic) bond motifs is 1. The number of phenols is 1. The molecular formula is C29H32FNO2. The molecular weight excluding hydrogens is 413 g/mol. The fourth-order valence-electron chi connectivity index (χ4n) is 5.60. The summed E-state index contributed by atoms with van der Waals surface area (Å²) in [5, 5.41) is 10.1. The van der Waals surface area contributed by atoms with Gasteiger partial charge in [0.25, 0.3) is 0 Å². The molecule has 0 saturated carbocycles. The average Bonchev–Trinajstić information content (AvgIpc) is 2.85. The molecule has 1 fully saturated rings. The molecule has 1 aliphatic carbocycles. The van der Waals surface area contributed by atoms with Crippen LogP contribution in [0.2, 0.25) is 0 Å². The molecule has 0 amide bonds. The number of aromatic hydroxyl groups is 1. The minimum atomic E-state index is -0.210. The van der Waals surface area contributed by atoms with Crippen LogP contribution in [0.1, 0.15) is 59.8 Å². The minimum Gasteiger partial charge on any atom is -0.508 e. The van der Waals surface area contributed by atoms with Crippen LogP contribution in [0.25, 0.3) is 0 Å². The highest BCUT2D eigenvalue weighted by molar-refractivity contribution is 5.51. The van der Waals surface area contributed by atoms with Crippen molar-refractivity contribution in [2.45, 2.75) is 43.9 Å². The molecule has 0 aromatic heterocycles. The maximum atomic E-state index is 13.7. The summed E-state index contributed by atoms with van der Waals surface area (Å²) in [6.07, 6.45) is 5.72. The summed E-state index contributed by atoms with van der Waals surface area (Å²) in [4.78, 5) is 2.49. The lowest BCUT2D eigenvalue weighted by Gasteiger charge is -2.35. The van der Waals surface area contributed by atoms with Gasteiger partial charge in [-0.25, -0.2) is 4.39 Å². The number of phenolic OH excluding ortho intramolecular Hbond substituents is 1. The Morgan fingerprint density at radius 2 is 1.70 bits per heavy atom. The number of rotatable bonds is 6. The van der Waals surface area contributed by atoms with Crippen molar-refractivity contribution in [2.24, 2.45) is 0 Å². The molecule has 2 atom stereocenters. The fraction of sp³-hybridized carbons (Fsp3) is 0.379. The molecule has 1 aliphatic heterocycles. The monoisotopic (exact) mass is 445 g/mol. The highest BCUT2D eigenvalue weighted by Gasteiger charge is 2.34. The largest absolute Gasteiger partial charge is 0.508 e. The summed E-state index contributed by atoms with van der Waals surface area (Å²) in [6.45, 7) is 3.95. The molecule has 172 valence electrons. The Hall–Kier alpha value is -2.85. The third kappa shape index (κ3) is 4.91. The first-order valence-corrected chi connectivity index (χ1v) is 12.2. The molecule has 33 heavy (non-hydrogen) atoms. The van der Waals surface area contributed by atoms with Crippen molar-refractivity contribution in [2.75, 3.05) is 26.2 Å². The van der Waals surface area contributed by atoms with Gasteiger partial charge in [-0.2, -0.15) is 0 Å². The van der Waals surface area contributed by atoms with Crippen molar-refractivity contribution < 1.29 is 14.2 Å². The number of ether oxygens (including phenoxy) is 1. The first-order valence-electron chi connectivity index (χ1n) is 12.2. The van der Waals surface area contributed by atoms with Crippen LogP contribution in [0, 0.1) is 5.82 Å². The number of likely N-dealkylation sites (tertiary alicyclic amines) is 1. The van der Waals surface area contributed by atoms with Gasteiger partial charge in [0.2, 0.25) is 0 Å². The number of hydrogen-bond donors (Lipinski definition) is 1. The van der Waals surface area contributed by atoms with Crippen molar-refractivity contribution in [3.8, 4) is 11.5 Å². The Morgan fingerprint density at radius 3 is 2.52 bits per heavy atom. The lowest BCUT2D eigenvalue weighted by atomic mass is 9.69. The summed E-state index contributed by atoms with van der Waals surface area (Å²) in [5.41, 5.74) is 4.71. The van der Waals surface area contributed by atoms with Gasteiger partial charge in [-0.3, -0.25) is 4.90 Å². The zero-order valence-electron chi connectivity index (χ0n) is 19.1. The summed E-state index contributed by atoms with van der Waals surface area (Å²) in [6, 6.07) is 21.0. The van der Waals surface area contributed by atoms with E-state index in [9.17, 15) is 9.50 Å². The van der Waals surface area contributed by atoms with E-state index < -0.39 is 0 Å². The van der Waals surface area contributed by atoms with E-state index in [1.807, 2.05) is 24.3 Å². The number of halogens is 1. The molecule has 3 nitrogen and oxygen atoms in total. The first kappa shape index (κ1) is 22.0. The molecule has 3 aromatic rings. The molecule has 1 heterocycles. The summed E-state index contributed by atoms with van der Waals surface area (Å²) < 4.78 is 20.0. The van der Waals surface area contributed by atoms with E-state index >= 15 is 0 Å². The van der Waals surface area contributed by atoms with Crippen molar-refractivity contribution in [3.63, 3.8) is 0 Å². The summed E-state index contributed by atoms with van der Waals surface area (Å²) in [5.74, 6) is 1.32. The second-order valence-electron chi connectivity index (χ2n) is 9.35. The zero-order valence-corrected chi connectivity index (χ0v) is 19.1. The SMILES string of the molecule is Oc1ccc2c(c1)CC[C@@H](c1ccc(F)cc1)[C@H]2c1ccccc1OCCN1CCCCC1. The van der Waals surface area contributed by atoms with Crippen LogP contribution in [-0.2, 0) is 6.42 Å². The van der Waals surface area contributed by atoms with Gasteiger partial charge in [0, 0.05) is 18.0 Å². The van der Waals surface area contributed by atoms with Gasteiger partial charge in [-0.05, 0) is 91.7 Å². The van der Waals surface area contributed by atoms with Gasteiger partial charge in [0.05, 0.1) is 0 Å². The molecule has 1 N–H and O–H groups in total. The van der Waals surface area contributed by atoms with Crippen LogP contribution in [0.15, 0.2) is 66.7 Å².